The maximum atomic E-state index is 12.7. The van der Waals surface area contributed by atoms with Crippen LogP contribution in [0.15, 0.2) is 0 Å². The predicted molar refractivity (Wildman–Crippen MR) is 176 cm³/mol. The quantitative estimate of drug-likeness (QED) is 0.0648. The van der Waals surface area contributed by atoms with Crippen molar-refractivity contribution in [2.24, 2.45) is 0 Å². The molecule has 8 heteroatoms. The Balaban J connectivity index is 2.27. The summed E-state index contributed by atoms with van der Waals surface area (Å²) in [5, 5.41) is 10.0. The summed E-state index contributed by atoms with van der Waals surface area (Å²) in [7, 11) is 0. The van der Waals surface area contributed by atoms with Crippen LogP contribution in [-0.4, -0.2) is 65.0 Å². The number of hydrogen-bond donors (Lipinski definition) is 1. The van der Waals surface area contributed by atoms with Crippen molar-refractivity contribution in [3.05, 3.63) is 0 Å². The van der Waals surface area contributed by atoms with Gasteiger partial charge in [-0.25, -0.2) is 9.59 Å². The van der Waals surface area contributed by atoms with Gasteiger partial charge in [0.2, 0.25) is 0 Å². The second kappa shape index (κ2) is 24.4. The summed E-state index contributed by atoms with van der Waals surface area (Å²) in [5.74, 6) is -0.505. The van der Waals surface area contributed by atoms with E-state index in [9.17, 15) is 19.5 Å². The van der Waals surface area contributed by atoms with Gasteiger partial charge in [0.1, 0.15) is 17.7 Å². The van der Waals surface area contributed by atoms with Gasteiger partial charge >= 0.3 is 18.0 Å². The van der Waals surface area contributed by atoms with E-state index in [-0.39, 0.29) is 18.6 Å². The van der Waals surface area contributed by atoms with E-state index in [1.54, 1.807) is 20.8 Å². The minimum Gasteiger partial charge on any atom is -0.464 e. The van der Waals surface area contributed by atoms with Crippen molar-refractivity contribution in [3.8, 4) is 0 Å². The van der Waals surface area contributed by atoms with Crippen LogP contribution in [0.4, 0.5) is 4.79 Å². The third-order valence-electron chi connectivity index (χ3n) is 8.28. The molecule has 0 spiro atoms. The third kappa shape index (κ3) is 20.2. The van der Waals surface area contributed by atoms with Crippen molar-refractivity contribution < 1.29 is 33.7 Å². The number of piperidine rings is 1. The molecule has 1 aliphatic rings. The van der Waals surface area contributed by atoms with E-state index in [0.717, 1.165) is 57.8 Å². The van der Waals surface area contributed by atoms with Crippen LogP contribution in [0.3, 0.4) is 0 Å². The van der Waals surface area contributed by atoms with Gasteiger partial charge in [0, 0.05) is 6.42 Å². The van der Waals surface area contributed by atoms with E-state index in [4.69, 9.17) is 14.2 Å². The first kappa shape index (κ1) is 40.2. The summed E-state index contributed by atoms with van der Waals surface area (Å²) in [6.45, 7) is 10.1. The maximum Gasteiger partial charge on any atom is 0.411 e. The Bertz CT molecular complexity index is 750. The number of nitrogens with zero attached hydrogens (tertiary/aromatic N) is 1. The first-order chi connectivity index (χ1) is 21.1. The smallest absolute Gasteiger partial charge is 0.411 e. The van der Waals surface area contributed by atoms with Crippen LogP contribution in [0.2, 0.25) is 0 Å². The summed E-state index contributed by atoms with van der Waals surface area (Å²) in [6, 6.07) is -0.731. The Hall–Kier alpha value is -1.83. The van der Waals surface area contributed by atoms with E-state index in [1.165, 1.54) is 69.1 Å². The molecule has 0 aromatic rings. The van der Waals surface area contributed by atoms with Crippen LogP contribution in [0.5, 0.6) is 0 Å². The molecule has 1 aliphatic heterocycles. The van der Waals surface area contributed by atoms with Gasteiger partial charge in [-0.2, -0.15) is 0 Å². The van der Waals surface area contributed by atoms with Gasteiger partial charge in [0.05, 0.1) is 19.3 Å². The summed E-state index contributed by atoms with van der Waals surface area (Å²) in [4.78, 5) is 39.2. The van der Waals surface area contributed by atoms with Crippen LogP contribution >= 0.6 is 0 Å². The zero-order valence-electron chi connectivity index (χ0n) is 29.0. The van der Waals surface area contributed by atoms with Gasteiger partial charge in [0.15, 0.2) is 0 Å². The van der Waals surface area contributed by atoms with E-state index in [0.29, 0.717) is 25.9 Å². The average molecular weight is 626 g/mol. The van der Waals surface area contributed by atoms with Gasteiger partial charge in [-0.3, -0.25) is 9.69 Å². The number of esters is 2. The van der Waals surface area contributed by atoms with Crippen LogP contribution in [0.1, 0.15) is 176 Å². The Morgan fingerprint density at radius 2 is 1.27 bits per heavy atom. The highest BCUT2D eigenvalue weighted by atomic mass is 16.6. The normalized spacial score (nSPS) is 17.1. The van der Waals surface area contributed by atoms with Gasteiger partial charge in [-0.05, 0) is 72.1 Å². The molecule has 0 bridgehead atoms. The van der Waals surface area contributed by atoms with Gasteiger partial charge in [-0.1, -0.05) is 97.3 Å². The van der Waals surface area contributed by atoms with Crippen molar-refractivity contribution in [1.29, 1.82) is 0 Å². The molecule has 0 saturated carbocycles. The SMILES string of the molecule is CCCCCCCCC(CCCCCCCC)OC(=O)CCCCCCCOC(=O)[C@@H]1CC[C@H](O)CN1C(=O)OC(C)(C)C. The lowest BCUT2D eigenvalue weighted by atomic mass is 10.0. The number of likely N-dealkylation sites (tertiary alicyclic amines) is 1. The number of aliphatic hydroxyl groups is 1. The second-order valence-electron chi connectivity index (χ2n) is 13.8. The molecule has 0 aromatic heterocycles. The molecule has 0 radical (unpaired) electrons. The molecular formula is C36H67NO7. The van der Waals surface area contributed by atoms with Crippen molar-refractivity contribution in [2.45, 2.75) is 200 Å². The van der Waals surface area contributed by atoms with Gasteiger partial charge in [-0.15, -0.1) is 0 Å². The van der Waals surface area contributed by atoms with Crippen LogP contribution in [-0.2, 0) is 23.8 Å². The Morgan fingerprint density at radius 3 is 1.84 bits per heavy atom. The molecule has 1 N–H and O–H groups in total. The molecular weight excluding hydrogens is 558 g/mol. The number of hydrogen-bond acceptors (Lipinski definition) is 7. The lowest BCUT2D eigenvalue weighted by Gasteiger charge is -2.37. The Morgan fingerprint density at radius 1 is 0.750 bits per heavy atom. The van der Waals surface area contributed by atoms with Crippen molar-refractivity contribution in [3.63, 3.8) is 0 Å². The lowest BCUT2D eigenvalue weighted by Crippen LogP contribution is -2.53. The summed E-state index contributed by atoms with van der Waals surface area (Å²) >= 11 is 0. The van der Waals surface area contributed by atoms with Crippen molar-refractivity contribution in [2.75, 3.05) is 13.2 Å². The summed E-state index contributed by atoms with van der Waals surface area (Å²) in [6.07, 6.45) is 21.4. The average Bonchev–Trinajstić information content (AvgIpc) is 2.96. The third-order valence-corrected chi connectivity index (χ3v) is 8.28. The fourth-order valence-electron chi connectivity index (χ4n) is 5.70. The molecule has 8 nitrogen and oxygen atoms in total. The predicted octanol–water partition coefficient (Wildman–Crippen LogP) is 9.04. The molecule has 1 fully saturated rings. The number of unbranched alkanes of at least 4 members (excludes halogenated alkanes) is 14. The minimum absolute atomic E-state index is 0.0620. The number of carbonyl (C=O) groups excluding carboxylic acids is 3. The summed E-state index contributed by atoms with van der Waals surface area (Å²) in [5.41, 5.74) is -0.687. The molecule has 0 unspecified atom stereocenters. The van der Waals surface area contributed by atoms with Crippen molar-refractivity contribution in [1.82, 2.24) is 4.90 Å². The molecule has 0 aromatic carbocycles. The Labute approximate surface area is 269 Å². The number of carbonyl (C=O) groups is 3. The van der Waals surface area contributed by atoms with Gasteiger partial charge in [0.25, 0.3) is 0 Å². The number of β-amino-alcohol motifs (C(OH)–C–C–N with tert-alkyl or cyclic N) is 1. The molecule has 1 saturated heterocycles. The largest absolute Gasteiger partial charge is 0.464 e. The highest BCUT2D eigenvalue weighted by Crippen LogP contribution is 2.22. The second-order valence-corrected chi connectivity index (χ2v) is 13.8. The molecule has 2 atom stereocenters. The molecule has 44 heavy (non-hydrogen) atoms. The van der Waals surface area contributed by atoms with E-state index in [2.05, 4.69) is 13.8 Å². The maximum absolute atomic E-state index is 12.7. The fraction of sp³-hybridized carbons (Fsp3) is 0.917. The Kier molecular flexibility index (Phi) is 22.3. The number of rotatable bonds is 24. The first-order valence-electron chi connectivity index (χ1n) is 18.1. The topological polar surface area (TPSA) is 102 Å². The molecule has 258 valence electrons. The number of aliphatic hydroxyl groups excluding tert-OH is 1. The van der Waals surface area contributed by atoms with Crippen molar-refractivity contribution >= 4 is 18.0 Å². The highest BCUT2D eigenvalue weighted by molar-refractivity contribution is 5.81. The first-order valence-corrected chi connectivity index (χ1v) is 18.1. The van der Waals surface area contributed by atoms with E-state index in [1.807, 2.05) is 0 Å². The fourth-order valence-corrected chi connectivity index (χ4v) is 5.70. The van der Waals surface area contributed by atoms with Crippen LogP contribution in [0.25, 0.3) is 0 Å². The minimum atomic E-state index is -0.731. The van der Waals surface area contributed by atoms with Crippen LogP contribution in [0, 0.1) is 0 Å². The molecule has 1 amide bonds. The van der Waals surface area contributed by atoms with Crippen LogP contribution < -0.4 is 0 Å². The summed E-state index contributed by atoms with van der Waals surface area (Å²) < 4.78 is 16.9. The van der Waals surface area contributed by atoms with Gasteiger partial charge < -0.3 is 19.3 Å². The molecule has 1 heterocycles. The monoisotopic (exact) mass is 625 g/mol. The number of ether oxygens (including phenoxy) is 3. The van der Waals surface area contributed by atoms with E-state index >= 15 is 0 Å². The van der Waals surface area contributed by atoms with E-state index < -0.39 is 29.8 Å². The zero-order valence-corrected chi connectivity index (χ0v) is 29.0. The standard InChI is InChI=1S/C36H67NO7/c1-6-8-10-12-15-19-23-31(24-20-16-13-11-9-7-2)43-33(39)25-21-17-14-18-22-28-42-34(40)32-27-26-30(38)29-37(32)35(41)44-36(3,4)5/h30-32,38H,6-29H2,1-5H3/t30-,32-/m0/s1. The highest BCUT2D eigenvalue weighted by Gasteiger charge is 2.38. The number of amides is 1. The molecule has 0 aliphatic carbocycles. The lowest BCUT2D eigenvalue weighted by molar-refractivity contribution is -0.153. The zero-order chi connectivity index (χ0) is 32.6. The molecule has 1 rings (SSSR count).